The molecular formula is C11H18O3. The molecule has 0 unspecified atom stereocenters. The van der Waals surface area contributed by atoms with Crippen molar-refractivity contribution in [1.29, 1.82) is 0 Å². The molecule has 1 fully saturated rings. The summed E-state index contributed by atoms with van der Waals surface area (Å²) in [4.78, 5) is 11.8. The van der Waals surface area contributed by atoms with Crippen molar-refractivity contribution in [1.82, 2.24) is 0 Å². The molecule has 14 heavy (non-hydrogen) atoms. The summed E-state index contributed by atoms with van der Waals surface area (Å²) in [5.74, 6) is -0.0943. The van der Waals surface area contributed by atoms with Gasteiger partial charge in [0, 0.05) is 13.2 Å². The molecule has 3 heteroatoms. The van der Waals surface area contributed by atoms with Gasteiger partial charge in [-0.05, 0) is 26.2 Å². The largest absolute Gasteiger partial charge is 0.466 e. The third-order valence-electron chi connectivity index (χ3n) is 2.69. The first-order chi connectivity index (χ1) is 6.75. The maximum absolute atomic E-state index is 11.8. The van der Waals surface area contributed by atoms with Gasteiger partial charge in [0.05, 0.1) is 12.0 Å². The van der Waals surface area contributed by atoms with E-state index in [2.05, 4.69) is 6.58 Å². The monoisotopic (exact) mass is 198 g/mol. The zero-order valence-corrected chi connectivity index (χ0v) is 8.75. The van der Waals surface area contributed by atoms with E-state index in [4.69, 9.17) is 9.47 Å². The molecule has 1 rings (SSSR count). The Balaban J connectivity index is 2.68. The van der Waals surface area contributed by atoms with Crippen molar-refractivity contribution in [3.8, 4) is 0 Å². The van der Waals surface area contributed by atoms with E-state index in [9.17, 15) is 4.79 Å². The van der Waals surface area contributed by atoms with Crippen LogP contribution in [0.25, 0.3) is 0 Å². The average Bonchev–Trinajstić information content (AvgIpc) is 2.20. The predicted molar refractivity (Wildman–Crippen MR) is 53.9 cm³/mol. The fourth-order valence-electron chi connectivity index (χ4n) is 1.81. The van der Waals surface area contributed by atoms with Crippen LogP contribution in [-0.2, 0) is 14.3 Å². The van der Waals surface area contributed by atoms with Crippen molar-refractivity contribution in [2.24, 2.45) is 5.41 Å². The smallest absolute Gasteiger partial charge is 0.312 e. The van der Waals surface area contributed by atoms with Crippen LogP contribution in [0.2, 0.25) is 0 Å². The quantitative estimate of drug-likeness (QED) is 0.511. The van der Waals surface area contributed by atoms with E-state index in [0.717, 1.165) is 12.8 Å². The maximum Gasteiger partial charge on any atom is 0.312 e. The Labute approximate surface area is 85.1 Å². The van der Waals surface area contributed by atoms with E-state index >= 15 is 0 Å². The van der Waals surface area contributed by atoms with Crippen LogP contribution >= 0.6 is 0 Å². The van der Waals surface area contributed by atoms with Gasteiger partial charge in [-0.25, -0.2) is 0 Å². The number of rotatable bonds is 4. The van der Waals surface area contributed by atoms with E-state index < -0.39 is 0 Å². The van der Waals surface area contributed by atoms with Gasteiger partial charge in [0.15, 0.2) is 0 Å². The maximum atomic E-state index is 11.8. The standard InChI is InChI=1S/C11H18O3/c1-3-5-11(10(12)14-4-2)6-8-13-9-7-11/h3H,1,4-9H2,2H3. The van der Waals surface area contributed by atoms with Crippen LogP contribution in [-0.4, -0.2) is 25.8 Å². The summed E-state index contributed by atoms with van der Waals surface area (Å²) in [5.41, 5.74) is -0.365. The molecule has 80 valence electrons. The summed E-state index contributed by atoms with van der Waals surface area (Å²) in [5, 5.41) is 0. The van der Waals surface area contributed by atoms with Crippen LogP contribution in [0.5, 0.6) is 0 Å². The Morgan fingerprint density at radius 1 is 1.57 bits per heavy atom. The molecule has 0 amide bonds. The van der Waals surface area contributed by atoms with Crippen LogP contribution in [0.1, 0.15) is 26.2 Å². The Morgan fingerprint density at radius 2 is 2.21 bits per heavy atom. The van der Waals surface area contributed by atoms with Gasteiger partial charge in [-0.2, -0.15) is 0 Å². The van der Waals surface area contributed by atoms with Gasteiger partial charge in [-0.15, -0.1) is 6.58 Å². The molecule has 0 saturated carbocycles. The van der Waals surface area contributed by atoms with E-state index in [-0.39, 0.29) is 11.4 Å². The van der Waals surface area contributed by atoms with Crippen LogP contribution in [0, 0.1) is 5.41 Å². The molecule has 0 aliphatic carbocycles. The van der Waals surface area contributed by atoms with Crippen molar-refractivity contribution in [2.75, 3.05) is 19.8 Å². The molecule has 0 atom stereocenters. The Kier molecular flexibility index (Phi) is 4.14. The van der Waals surface area contributed by atoms with Crippen LogP contribution in [0.3, 0.4) is 0 Å². The van der Waals surface area contributed by atoms with E-state index in [1.165, 1.54) is 0 Å². The lowest BCUT2D eigenvalue weighted by atomic mass is 9.77. The summed E-state index contributed by atoms with van der Waals surface area (Å²) < 4.78 is 10.4. The summed E-state index contributed by atoms with van der Waals surface area (Å²) in [7, 11) is 0. The molecule has 0 spiro atoms. The highest BCUT2D eigenvalue weighted by Gasteiger charge is 2.40. The molecule has 1 aliphatic rings. The van der Waals surface area contributed by atoms with Gasteiger partial charge in [0.1, 0.15) is 0 Å². The summed E-state index contributed by atoms with van der Waals surface area (Å²) in [6.07, 6.45) is 3.98. The number of hydrogen-bond acceptors (Lipinski definition) is 3. The van der Waals surface area contributed by atoms with E-state index in [1.807, 2.05) is 6.92 Å². The van der Waals surface area contributed by atoms with Gasteiger partial charge in [-0.3, -0.25) is 4.79 Å². The number of hydrogen-bond donors (Lipinski definition) is 0. The fraction of sp³-hybridized carbons (Fsp3) is 0.727. The van der Waals surface area contributed by atoms with Crippen molar-refractivity contribution < 1.29 is 14.3 Å². The molecule has 0 N–H and O–H groups in total. The molecule has 1 aliphatic heterocycles. The summed E-state index contributed by atoms with van der Waals surface area (Å²) >= 11 is 0. The van der Waals surface area contributed by atoms with Gasteiger partial charge >= 0.3 is 5.97 Å². The number of carbonyl (C=O) groups excluding carboxylic acids is 1. The van der Waals surface area contributed by atoms with Crippen LogP contribution < -0.4 is 0 Å². The van der Waals surface area contributed by atoms with Crippen LogP contribution in [0.4, 0.5) is 0 Å². The molecule has 0 bridgehead atoms. The van der Waals surface area contributed by atoms with Crippen molar-refractivity contribution in [2.45, 2.75) is 26.2 Å². The summed E-state index contributed by atoms with van der Waals surface area (Å²) in [6, 6.07) is 0. The highest BCUT2D eigenvalue weighted by atomic mass is 16.5. The number of esters is 1. The zero-order chi connectivity index (χ0) is 10.4. The molecule has 0 aromatic heterocycles. The molecule has 3 nitrogen and oxygen atoms in total. The second-order valence-corrected chi connectivity index (χ2v) is 3.61. The van der Waals surface area contributed by atoms with Gasteiger partial charge < -0.3 is 9.47 Å². The Morgan fingerprint density at radius 3 is 2.71 bits per heavy atom. The normalized spacial score (nSPS) is 20.1. The first kappa shape index (κ1) is 11.2. The van der Waals surface area contributed by atoms with Crippen molar-refractivity contribution in [3.63, 3.8) is 0 Å². The lowest BCUT2D eigenvalue weighted by Gasteiger charge is -2.33. The second kappa shape index (κ2) is 5.15. The highest BCUT2D eigenvalue weighted by molar-refractivity contribution is 5.77. The van der Waals surface area contributed by atoms with Crippen molar-refractivity contribution in [3.05, 3.63) is 12.7 Å². The highest BCUT2D eigenvalue weighted by Crippen LogP contribution is 2.35. The first-order valence-electron chi connectivity index (χ1n) is 5.11. The zero-order valence-electron chi connectivity index (χ0n) is 8.75. The molecule has 0 radical (unpaired) electrons. The van der Waals surface area contributed by atoms with E-state index in [0.29, 0.717) is 26.2 Å². The fourth-order valence-corrected chi connectivity index (χ4v) is 1.81. The first-order valence-corrected chi connectivity index (χ1v) is 5.11. The lowest BCUT2D eigenvalue weighted by Crippen LogP contribution is -2.38. The van der Waals surface area contributed by atoms with Gasteiger partial charge in [0.25, 0.3) is 0 Å². The van der Waals surface area contributed by atoms with Crippen LogP contribution in [0.15, 0.2) is 12.7 Å². The number of ether oxygens (including phenoxy) is 2. The Hall–Kier alpha value is -0.830. The Bertz CT molecular complexity index is 205. The third kappa shape index (κ3) is 2.35. The molecule has 1 saturated heterocycles. The topological polar surface area (TPSA) is 35.5 Å². The molecular weight excluding hydrogens is 180 g/mol. The second-order valence-electron chi connectivity index (χ2n) is 3.61. The third-order valence-corrected chi connectivity index (χ3v) is 2.69. The minimum Gasteiger partial charge on any atom is -0.466 e. The SMILES string of the molecule is C=CCC1(C(=O)OCC)CCOCC1. The molecule has 0 aromatic carbocycles. The predicted octanol–water partition coefficient (Wildman–Crippen LogP) is 1.92. The number of carbonyl (C=O) groups is 1. The molecule has 0 aromatic rings. The molecule has 1 heterocycles. The van der Waals surface area contributed by atoms with Gasteiger partial charge in [-0.1, -0.05) is 6.08 Å². The minimum atomic E-state index is -0.365. The average molecular weight is 198 g/mol. The minimum absolute atomic E-state index is 0.0943. The number of allylic oxidation sites excluding steroid dienone is 1. The van der Waals surface area contributed by atoms with Crippen molar-refractivity contribution >= 4 is 5.97 Å². The van der Waals surface area contributed by atoms with E-state index in [1.54, 1.807) is 6.08 Å². The van der Waals surface area contributed by atoms with Gasteiger partial charge in [0.2, 0.25) is 0 Å². The summed E-state index contributed by atoms with van der Waals surface area (Å²) in [6.45, 7) is 7.26. The lowest BCUT2D eigenvalue weighted by molar-refractivity contribution is -0.161.